The van der Waals surface area contributed by atoms with Gasteiger partial charge in [-0.25, -0.2) is 8.42 Å². The Kier molecular flexibility index (Phi) is 4.90. The standard InChI is InChI=1S/C16H18N2O4S/c1-11-8-9-12(10-15(11)22-2)16(19)17-13-6-4-5-7-14(13)18-23(3,20)21/h4-10,18H,1-3H3,(H,17,19). The molecule has 0 saturated carbocycles. The van der Waals surface area contributed by atoms with E-state index in [9.17, 15) is 13.2 Å². The summed E-state index contributed by atoms with van der Waals surface area (Å²) < 4.78 is 30.4. The van der Waals surface area contributed by atoms with Crippen molar-refractivity contribution in [3.8, 4) is 5.75 Å². The van der Waals surface area contributed by atoms with Gasteiger partial charge in [-0.15, -0.1) is 0 Å². The maximum atomic E-state index is 12.4. The smallest absolute Gasteiger partial charge is 0.255 e. The number of hydrogen-bond donors (Lipinski definition) is 2. The average Bonchev–Trinajstić information content (AvgIpc) is 2.48. The van der Waals surface area contributed by atoms with Crippen molar-refractivity contribution in [1.29, 1.82) is 0 Å². The number of sulfonamides is 1. The largest absolute Gasteiger partial charge is 0.496 e. The third-order valence-corrected chi connectivity index (χ3v) is 3.73. The average molecular weight is 334 g/mol. The van der Waals surface area contributed by atoms with Crippen LogP contribution in [0.1, 0.15) is 15.9 Å². The fourth-order valence-corrected chi connectivity index (χ4v) is 2.61. The predicted octanol–water partition coefficient (Wildman–Crippen LogP) is 2.63. The third kappa shape index (κ3) is 4.46. The number of nitrogens with one attached hydrogen (secondary N) is 2. The Labute approximate surface area is 135 Å². The van der Waals surface area contributed by atoms with E-state index in [0.29, 0.717) is 22.7 Å². The minimum atomic E-state index is -3.44. The molecule has 0 radical (unpaired) electrons. The highest BCUT2D eigenvalue weighted by atomic mass is 32.2. The molecule has 0 atom stereocenters. The molecule has 6 nitrogen and oxygen atoms in total. The van der Waals surface area contributed by atoms with Crippen molar-refractivity contribution in [1.82, 2.24) is 0 Å². The van der Waals surface area contributed by atoms with E-state index in [-0.39, 0.29) is 5.91 Å². The first kappa shape index (κ1) is 16.8. The zero-order valence-corrected chi connectivity index (χ0v) is 13.9. The van der Waals surface area contributed by atoms with E-state index in [1.165, 1.54) is 7.11 Å². The SMILES string of the molecule is COc1cc(C(=O)Nc2ccccc2NS(C)(=O)=O)ccc1C. The van der Waals surface area contributed by atoms with Crippen LogP contribution in [0.4, 0.5) is 11.4 Å². The molecule has 122 valence electrons. The summed E-state index contributed by atoms with van der Waals surface area (Å²) in [6.45, 7) is 1.88. The lowest BCUT2D eigenvalue weighted by molar-refractivity contribution is 0.102. The number of hydrogen-bond acceptors (Lipinski definition) is 4. The maximum Gasteiger partial charge on any atom is 0.255 e. The van der Waals surface area contributed by atoms with Crippen molar-refractivity contribution in [3.63, 3.8) is 0 Å². The first-order valence-electron chi connectivity index (χ1n) is 6.83. The summed E-state index contributed by atoms with van der Waals surface area (Å²) in [5.74, 6) is 0.256. The minimum Gasteiger partial charge on any atom is -0.496 e. The highest BCUT2D eigenvalue weighted by Gasteiger charge is 2.12. The molecule has 2 aromatic rings. The van der Waals surface area contributed by atoms with Gasteiger partial charge in [-0.1, -0.05) is 18.2 Å². The molecule has 0 aliphatic rings. The highest BCUT2D eigenvalue weighted by molar-refractivity contribution is 7.92. The summed E-state index contributed by atoms with van der Waals surface area (Å²) in [5, 5.41) is 2.70. The zero-order valence-electron chi connectivity index (χ0n) is 13.1. The summed E-state index contributed by atoms with van der Waals surface area (Å²) in [4.78, 5) is 12.4. The molecule has 0 unspecified atom stereocenters. The number of benzene rings is 2. The van der Waals surface area contributed by atoms with E-state index in [1.807, 2.05) is 6.92 Å². The number of methoxy groups -OCH3 is 1. The number of ether oxygens (including phenoxy) is 1. The van der Waals surface area contributed by atoms with Gasteiger partial charge >= 0.3 is 0 Å². The van der Waals surface area contributed by atoms with Crippen LogP contribution in [0, 0.1) is 6.92 Å². The van der Waals surface area contributed by atoms with Crippen LogP contribution in [0.5, 0.6) is 5.75 Å². The van der Waals surface area contributed by atoms with Gasteiger partial charge in [0, 0.05) is 5.56 Å². The Morgan fingerprint density at radius 1 is 1.09 bits per heavy atom. The van der Waals surface area contributed by atoms with Gasteiger partial charge in [-0.05, 0) is 36.8 Å². The van der Waals surface area contributed by atoms with E-state index in [1.54, 1.807) is 42.5 Å². The molecule has 0 bridgehead atoms. The lowest BCUT2D eigenvalue weighted by atomic mass is 10.1. The lowest BCUT2D eigenvalue weighted by Crippen LogP contribution is -2.16. The number of carbonyl (C=O) groups is 1. The van der Waals surface area contributed by atoms with Crippen molar-refractivity contribution in [2.45, 2.75) is 6.92 Å². The van der Waals surface area contributed by atoms with E-state index < -0.39 is 10.0 Å². The molecule has 0 heterocycles. The Bertz CT molecular complexity index is 832. The second kappa shape index (κ2) is 6.70. The zero-order chi connectivity index (χ0) is 17.0. The highest BCUT2D eigenvalue weighted by Crippen LogP contribution is 2.24. The number of para-hydroxylation sites is 2. The third-order valence-electron chi connectivity index (χ3n) is 3.14. The van der Waals surface area contributed by atoms with Crippen LogP contribution in [-0.4, -0.2) is 27.7 Å². The number of anilines is 2. The summed E-state index contributed by atoms with van der Waals surface area (Å²) in [6.07, 6.45) is 1.05. The van der Waals surface area contributed by atoms with Gasteiger partial charge in [0.2, 0.25) is 10.0 Å². The molecule has 7 heteroatoms. The van der Waals surface area contributed by atoms with Gasteiger partial charge < -0.3 is 10.1 Å². The second-order valence-electron chi connectivity index (χ2n) is 5.06. The van der Waals surface area contributed by atoms with Crippen LogP contribution < -0.4 is 14.8 Å². The molecular weight excluding hydrogens is 316 g/mol. The second-order valence-corrected chi connectivity index (χ2v) is 6.81. The Balaban J connectivity index is 2.27. The number of amides is 1. The first-order valence-corrected chi connectivity index (χ1v) is 8.72. The number of aryl methyl sites for hydroxylation is 1. The van der Waals surface area contributed by atoms with E-state index in [4.69, 9.17) is 4.74 Å². The summed E-state index contributed by atoms with van der Waals surface area (Å²) in [7, 11) is -1.90. The van der Waals surface area contributed by atoms with Crippen LogP contribution in [0.25, 0.3) is 0 Å². The molecule has 2 rings (SSSR count). The van der Waals surface area contributed by atoms with Crippen LogP contribution in [0.2, 0.25) is 0 Å². The molecule has 2 aromatic carbocycles. The monoisotopic (exact) mass is 334 g/mol. The number of carbonyl (C=O) groups excluding carboxylic acids is 1. The fraction of sp³-hybridized carbons (Fsp3) is 0.188. The molecular formula is C16H18N2O4S. The Hall–Kier alpha value is -2.54. The van der Waals surface area contributed by atoms with Crippen LogP contribution >= 0.6 is 0 Å². The van der Waals surface area contributed by atoms with Crippen LogP contribution in [0.3, 0.4) is 0 Å². The molecule has 0 fully saturated rings. The summed E-state index contributed by atoms with van der Waals surface area (Å²) in [5.41, 5.74) is 2.02. The van der Waals surface area contributed by atoms with Gasteiger partial charge in [-0.2, -0.15) is 0 Å². The van der Waals surface area contributed by atoms with Crippen molar-refractivity contribution in [3.05, 3.63) is 53.6 Å². The molecule has 1 amide bonds. The molecule has 0 spiro atoms. The van der Waals surface area contributed by atoms with E-state index in [2.05, 4.69) is 10.0 Å². The quantitative estimate of drug-likeness (QED) is 0.880. The van der Waals surface area contributed by atoms with Gasteiger partial charge in [0.05, 0.1) is 24.7 Å². The summed E-state index contributed by atoms with van der Waals surface area (Å²) >= 11 is 0. The molecule has 0 aliphatic carbocycles. The van der Waals surface area contributed by atoms with E-state index in [0.717, 1.165) is 11.8 Å². The first-order chi connectivity index (χ1) is 10.8. The predicted molar refractivity (Wildman–Crippen MR) is 90.6 cm³/mol. The van der Waals surface area contributed by atoms with Gasteiger partial charge in [0.15, 0.2) is 0 Å². The van der Waals surface area contributed by atoms with Crippen LogP contribution in [-0.2, 0) is 10.0 Å². The fourth-order valence-electron chi connectivity index (χ4n) is 2.04. The van der Waals surface area contributed by atoms with Crippen molar-refractivity contribution in [2.75, 3.05) is 23.4 Å². The van der Waals surface area contributed by atoms with Gasteiger partial charge in [0.1, 0.15) is 5.75 Å². The normalized spacial score (nSPS) is 10.9. The molecule has 0 aromatic heterocycles. The van der Waals surface area contributed by atoms with Gasteiger partial charge in [-0.3, -0.25) is 9.52 Å². The van der Waals surface area contributed by atoms with Crippen molar-refractivity contribution < 1.29 is 17.9 Å². The topological polar surface area (TPSA) is 84.5 Å². The van der Waals surface area contributed by atoms with E-state index >= 15 is 0 Å². The van der Waals surface area contributed by atoms with Crippen molar-refractivity contribution >= 4 is 27.3 Å². The van der Waals surface area contributed by atoms with Crippen LogP contribution in [0.15, 0.2) is 42.5 Å². The Morgan fingerprint density at radius 2 is 1.74 bits per heavy atom. The van der Waals surface area contributed by atoms with Crippen molar-refractivity contribution in [2.24, 2.45) is 0 Å². The minimum absolute atomic E-state index is 0.308. The molecule has 23 heavy (non-hydrogen) atoms. The summed E-state index contributed by atoms with van der Waals surface area (Å²) in [6, 6.07) is 11.7. The lowest BCUT2D eigenvalue weighted by Gasteiger charge is -2.12. The molecule has 0 aliphatic heterocycles. The molecule has 0 saturated heterocycles. The maximum absolute atomic E-state index is 12.4. The van der Waals surface area contributed by atoms with Gasteiger partial charge in [0.25, 0.3) is 5.91 Å². The Morgan fingerprint density at radius 3 is 2.35 bits per heavy atom. The number of rotatable bonds is 5. The molecule has 2 N–H and O–H groups in total.